The minimum Gasteiger partial charge on any atom is -0.481 e. The third-order valence-electron chi connectivity index (χ3n) is 5.25. The summed E-state index contributed by atoms with van der Waals surface area (Å²) in [5.41, 5.74) is 1.35. The van der Waals surface area contributed by atoms with Gasteiger partial charge in [-0.3, -0.25) is 14.3 Å². The largest absolute Gasteiger partial charge is 0.481 e. The van der Waals surface area contributed by atoms with Crippen molar-refractivity contribution in [3.63, 3.8) is 0 Å². The molecular weight excluding hydrogens is 318 g/mol. The molecule has 138 valence electrons. The van der Waals surface area contributed by atoms with Gasteiger partial charge in [0.25, 0.3) is 5.91 Å². The Hall–Kier alpha value is -1.85. The van der Waals surface area contributed by atoms with Crippen LogP contribution in [0.15, 0.2) is 6.07 Å². The van der Waals surface area contributed by atoms with Crippen LogP contribution < -0.4 is 5.32 Å². The van der Waals surface area contributed by atoms with Crippen molar-refractivity contribution in [2.75, 3.05) is 0 Å². The summed E-state index contributed by atoms with van der Waals surface area (Å²) in [7, 11) is 0. The lowest BCUT2D eigenvalue weighted by molar-refractivity contribution is -0.142. The fourth-order valence-corrected chi connectivity index (χ4v) is 3.73. The van der Waals surface area contributed by atoms with E-state index in [2.05, 4.69) is 31.2 Å². The topological polar surface area (TPSA) is 84.2 Å². The van der Waals surface area contributed by atoms with Gasteiger partial charge in [0.05, 0.1) is 11.5 Å². The van der Waals surface area contributed by atoms with E-state index in [1.165, 1.54) is 0 Å². The number of aliphatic carboxylic acids is 1. The molecule has 0 aromatic carbocycles. The first kappa shape index (κ1) is 18.0. The van der Waals surface area contributed by atoms with E-state index in [1.807, 2.05) is 10.7 Å². The van der Waals surface area contributed by atoms with Crippen LogP contribution in [0.3, 0.4) is 0 Å². The van der Waals surface area contributed by atoms with E-state index in [4.69, 9.17) is 0 Å². The van der Waals surface area contributed by atoms with Gasteiger partial charge in [0, 0.05) is 17.7 Å². The van der Waals surface area contributed by atoms with Crippen LogP contribution in [0.4, 0.5) is 0 Å². The highest BCUT2D eigenvalue weighted by Crippen LogP contribution is 2.41. The van der Waals surface area contributed by atoms with Gasteiger partial charge in [-0.1, -0.05) is 19.3 Å². The zero-order valence-electron chi connectivity index (χ0n) is 15.4. The van der Waals surface area contributed by atoms with Gasteiger partial charge in [0.1, 0.15) is 5.69 Å². The number of hydrogen-bond donors (Lipinski definition) is 2. The van der Waals surface area contributed by atoms with E-state index in [0.29, 0.717) is 18.0 Å². The van der Waals surface area contributed by atoms with Crippen molar-refractivity contribution in [2.45, 2.75) is 83.2 Å². The molecule has 0 spiro atoms. The van der Waals surface area contributed by atoms with Crippen LogP contribution in [0.5, 0.6) is 0 Å². The Kier molecular flexibility index (Phi) is 4.89. The van der Waals surface area contributed by atoms with E-state index >= 15 is 0 Å². The first-order valence-corrected chi connectivity index (χ1v) is 9.41. The Morgan fingerprint density at radius 2 is 1.84 bits per heavy atom. The van der Waals surface area contributed by atoms with Crippen LogP contribution in [0, 0.1) is 5.92 Å². The SMILES string of the molecule is CC(C)(C)n1nc(C(=O)N[C@H]2CCCCC[C@H]2C(=O)O)cc1C1CC1. The maximum absolute atomic E-state index is 12.7. The van der Waals surface area contributed by atoms with E-state index < -0.39 is 11.9 Å². The highest BCUT2D eigenvalue weighted by molar-refractivity contribution is 5.93. The number of aromatic nitrogens is 2. The van der Waals surface area contributed by atoms with Crippen LogP contribution in [-0.4, -0.2) is 32.8 Å². The monoisotopic (exact) mass is 347 g/mol. The predicted octanol–water partition coefficient (Wildman–Crippen LogP) is 3.28. The van der Waals surface area contributed by atoms with Crippen LogP contribution >= 0.6 is 0 Å². The van der Waals surface area contributed by atoms with E-state index in [-0.39, 0.29) is 17.5 Å². The van der Waals surface area contributed by atoms with Crippen LogP contribution in [0.25, 0.3) is 0 Å². The van der Waals surface area contributed by atoms with Gasteiger partial charge in [-0.25, -0.2) is 0 Å². The molecule has 25 heavy (non-hydrogen) atoms. The normalized spacial score (nSPS) is 24.6. The number of carboxylic acids is 1. The summed E-state index contributed by atoms with van der Waals surface area (Å²) >= 11 is 0. The van der Waals surface area contributed by atoms with Gasteiger partial charge >= 0.3 is 5.97 Å². The molecule has 2 fully saturated rings. The molecule has 6 heteroatoms. The first-order valence-electron chi connectivity index (χ1n) is 9.41. The van der Waals surface area contributed by atoms with Crippen LogP contribution in [0.1, 0.15) is 87.8 Å². The average Bonchev–Trinajstić information content (AvgIpc) is 3.29. The van der Waals surface area contributed by atoms with Gasteiger partial charge in [-0.2, -0.15) is 5.10 Å². The van der Waals surface area contributed by atoms with Crippen molar-refractivity contribution in [3.8, 4) is 0 Å². The number of carboxylic acid groups (broad SMARTS) is 1. The quantitative estimate of drug-likeness (QED) is 0.819. The van der Waals surface area contributed by atoms with Crippen molar-refractivity contribution in [1.29, 1.82) is 0 Å². The fourth-order valence-electron chi connectivity index (χ4n) is 3.73. The maximum atomic E-state index is 12.7. The van der Waals surface area contributed by atoms with Crippen LogP contribution in [0.2, 0.25) is 0 Å². The third-order valence-corrected chi connectivity index (χ3v) is 5.25. The molecule has 1 aromatic heterocycles. The van der Waals surface area contributed by atoms with E-state index in [9.17, 15) is 14.7 Å². The summed E-state index contributed by atoms with van der Waals surface area (Å²) in [6.07, 6.45) is 6.54. The molecule has 0 unspecified atom stereocenters. The summed E-state index contributed by atoms with van der Waals surface area (Å²) in [6, 6.07) is 1.58. The van der Waals surface area contributed by atoms with Crippen molar-refractivity contribution >= 4 is 11.9 Å². The van der Waals surface area contributed by atoms with Gasteiger partial charge in [-0.15, -0.1) is 0 Å². The molecule has 6 nitrogen and oxygen atoms in total. The molecule has 0 aliphatic heterocycles. The number of carbonyl (C=O) groups is 2. The Morgan fingerprint density at radius 1 is 1.16 bits per heavy atom. The molecule has 1 amide bonds. The Labute approximate surface area is 149 Å². The van der Waals surface area contributed by atoms with Gasteiger partial charge < -0.3 is 10.4 Å². The van der Waals surface area contributed by atoms with Crippen molar-refractivity contribution in [3.05, 3.63) is 17.5 Å². The van der Waals surface area contributed by atoms with E-state index in [1.54, 1.807) is 0 Å². The summed E-state index contributed by atoms with van der Waals surface area (Å²) in [5.74, 6) is -1.06. The molecule has 1 aromatic rings. The zero-order valence-corrected chi connectivity index (χ0v) is 15.4. The smallest absolute Gasteiger partial charge is 0.308 e. The summed E-state index contributed by atoms with van der Waals surface area (Å²) < 4.78 is 1.96. The summed E-state index contributed by atoms with van der Waals surface area (Å²) in [6.45, 7) is 6.25. The lowest BCUT2D eigenvalue weighted by Gasteiger charge is -2.23. The molecule has 2 atom stereocenters. The number of nitrogens with zero attached hydrogens (tertiary/aromatic N) is 2. The van der Waals surface area contributed by atoms with Gasteiger partial charge in [0.2, 0.25) is 0 Å². The second-order valence-corrected chi connectivity index (χ2v) is 8.47. The highest BCUT2D eigenvalue weighted by atomic mass is 16.4. The summed E-state index contributed by atoms with van der Waals surface area (Å²) in [5, 5.41) is 17.0. The van der Waals surface area contributed by atoms with Crippen molar-refractivity contribution in [1.82, 2.24) is 15.1 Å². The lowest BCUT2D eigenvalue weighted by Crippen LogP contribution is -2.43. The number of nitrogens with one attached hydrogen (secondary N) is 1. The molecule has 0 saturated heterocycles. The Balaban J connectivity index is 1.79. The minimum atomic E-state index is -0.814. The van der Waals surface area contributed by atoms with E-state index in [0.717, 1.165) is 44.2 Å². The predicted molar refractivity (Wildman–Crippen MR) is 94.7 cm³/mol. The molecule has 2 aliphatic rings. The zero-order chi connectivity index (χ0) is 18.2. The highest BCUT2D eigenvalue weighted by Gasteiger charge is 2.34. The lowest BCUT2D eigenvalue weighted by atomic mass is 9.95. The Morgan fingerprint density at radius 3 is 2.44 bits per heavy atom. The molecule has 3 rings (SSSR count). The van der Waals surface area contributed by atoms with Crippen LogP contribution in [-0.2, 0) is 10.3 Å². The summed E-state index contributed by atoms with van der Waals surface area (Å²) in [4.78, 5) is 24.3. The molecule has 0 bridgehead atoms. The molecule has 1 heterocycles. The molecule has 2 aliphatic carbocycles. The number of amides is 1. The van der Waals surface area contributed by atoms with Crippen molar-refractivity contribution < 1.29 is 14.7 Å². The van der Waals surface area contributed by atoms with Gasteiger partial charge in [0.15, 0.2) is 0 Å². The molecule has 0 radical (unpaired) electrons. The molecule has 2 N–H and O–H groups in total. The van der Waals surface area contributed by atoms with Crippen molar-refractivity contribution in [2.24, 2.45) is 5.92 Å². The molecule has 2 saturated carbocycles. The number of carbonyl (C=O) groups excluding carboxylic acids is 1. The second-order valence-electron chi connectivity index (χ2n) is 8.47. The number of rotatable bonds is 4. The van der Waals surface area contributed by atoms with Gasteiger partial charge in [-0.05, 0) is 52.5 Å². The Bertz CT molecular complexity index is 655. The third kappa shape index (κ3) is 4.05. The first-order chi connectivity index (χ1) is 11.8. The molecular formula is C19H29N3O3. The minimum absolute atomic E-state index is 0.178. The fraction of sp³-hybridized carbons (Fsp3) is 0.737. The number of hydrogen-bond acceptors (Lipinski definition) is 3. The standard InChI is InChI=1S/C19H29N3O3/c1-19(2,3)22-16(12-9-10-12)11-15(21-22)17(23)20-14-8-6-4-5-7-13(14)18(24)25/h11-14H,4-10H2,1-3H3,(H,20,23)(H,24,25)/t13-,14+/m1/s1. The average molecular weight is 347 g/mol. The maximum Gasteiger partial charge on any atom is 0.308 e. The second kappa shape index (κ2) is 6.81.